The molecule has 0 amide bonds. The van der Waals surface area contributed by atoms with Gasteiger partial charge in [-0.2, -0.15) is 0 Å². The van der Waals surface area contributed by atoms with Crippen LogP contribution in [0.25, 0.3) is 22.2 Å². The maximum atomic E-state index is 10.9. The van der Waals surface area contributed by atoms with Crippen molar-refractivity contribution in [2.45, 2.75) is 6.92 Å². The number of aromatic nitrogens is 2. The van der Waals surface area contributed by atoms with Gasteiger partial charge >= 0.3 is 0 Å². The highest BCUT2D eigenvalue weighted by atomic mass is 16.6. The quantitative estimate of drug-likeness (QED) is 0.575. The number of pyridine rings is 2. The molecule has 0 bridgehead atoms. The summed E-state index contributed by atoms with van der Waals surface area (Å²) >= 11 is 0. The van der Waals surface area contributed by atoms with Crippen LogP contribution in [-0.4, -0.2) is 14.9 Å². The maximum absolute atomic E-state index is 10.9. The summed E-state index contributed by atoms with van der Waals surface area (Å²) < 4.78 is 0. The second kappa shape index (κ2) is 4.82. The zero-order valence-electron chi connectivity index (χ0n) is 11.3. The minimum absolute atomic E-state index is 0.0698. The summed E-state index contributed by atoms with van der Waals surface area (Å²) in [4.78, 5) is 19.0. The largest absolute Gasteiger partial charge is 0.383 e. The Kier molecular flexibility index (Phi) is 2.98. The Morgan fingerprint density at radius 2 is 1.90 bits per heavy atom. The predicted molar refractivity (Wildman–Crippen MR) is 80.8 cm³/mol. The molecule has 0 aliphatic carbocycles. The van der Waals surface area contributed by atoms with Gasteiger partial charge in [0.1, 0.15) is 5.82 Å². The van der Waals surface area contributed by atoms with Crippen LogP contribution in [0, 0.1) is 17.0 Å². The third-order valence-electron chi connectivity index (χ3n) is 3.16. The lowest BCUT2D eigenvalue weighted by Gasteiger charge is -2.05. The van der Waals surface area contributed by atoms with Gasteiger partial charge in [-0.15, -0.1) is 0 Å². The molecule has 3 aromatic rings. The highest BCUT2D eigenvalue weighted by molar-refractivity contribution is 5.84. The number of aryl methyl sites for hydroxylation is 1. The summed E-state index contributed by atoms with van der Waals surface area (Å²) in [5.74, 6) is 0.126. The molecule has 0 aliphatic heterocycles. The van der Waals surface area contributed by atoms with Crippen molar-refractivity contribution in [2.75, 3.05) is 5.73 Å². The fourth-order valence-electron chi connectivity index (χ4n) is 2.18. The Labute approximate surface area is 120 Å². The van der Waals surface area contributed by atoms with Crippen molar-refractivity contribution in [2.24, 2.45) is 0 Å². The van der Waals surface area contributed by atoms with Crippen molar-refractivity contribution in [3.05, 3.63) is 58.3 Å². The van der Waals surface area contributed by atoms with Crippen molar-refractivity contribution < 1.29 is 4.92 Å². The Balaban J connectivity index is 2.16. The molecule has 0 saturated carbocycles. The maximum Gasteiger partial charge on any atom is 0.275 e. The van der Waals surface area contributed by atoms with E-state index < -0.39 is 4.92 Å². The van der Waals surface area contributed by atoms with E-state index in [1.165, 1.54) is 12.1 Å². The van der Waals surface area contributed by atoms with E-state index in [-0.39, 0.29) is 11.5 Å². The van der Waals surface area contributed by atoms with E-state index in [1.807, 2.05) is 37.3 Å². The van der Waals surface area contributed by atoms with Crippen LogP contribution in [0.2, 0.25) is 0 Å². The molecule has 0 spiro atoms. The van der Waals surface area contributed by atoms with E-state index in [1.54, 1.807) is 0 Å². The van der Waals surface area contributed by atoms with Crippen molar-refractivity contribution in [1.29, 1.82) is 0 Å². The van der Waals surface area contributed by atoms with Crippen LogP contribution < -0.4 is 5.73 Å². The number of hydrogen-bond donors (Lipinski definition) is 1. The fraction of sp³-hybridized carbons (Fsp3) is 0.0667. The molecule has 21 heavy (non-hydrogen) atoms. The molecule has 3 rings (SSSR count). The number of nitrogens with zero attached hydrogens (tertiary/aromatic N) is 3. The first-order valence-corrected chi connectivity index (χ1v) is 6.33. The Hall–Kier alpha value is -3.02. The molecule has 6 nitrogen and oxygen atoms in total. The third kappa shape index (κ3) is 2.51. The Morgan fingerprint density at radius 1 is 1.10 bits per heavy atom. The second-order valence-corrected chi connectivity index (χ2v) is 4.75. The summed E-state index contributed by atoms with van der Waals surface area (Å²) in [6, 6.07) is 12.1. The molecule has 104 valence electrons. The van der Waals surface area contributed by atoms with E-state index >= 15 is 0 Å². The molecule has 0 saturated heterocycles. The van der Waals surface area contributed by atoms with Gasteiger partial charge < -0.3 is 5.73 Å². The van der Waals surface area contributed by atoms with Gasteiger partial charge in [-0.25, -0.2) is 4.98 Å². The molecule has 2 aromatic heterocycles. The fourth-order valence-corrected chi connectivity index (χ4v) is 2.18. The van der Waals surface area contributed by atoms with Crippen molar-refractivity contribution in [3.8, 4) is 11.3 Å². The SMILES string of the molecule is Cc1ccc2cc(-c3cc([N+](=O)[O-])cc(N)n3)ccc2n1. The van der Waals surface area contributed by atoms with Gasteiger partial charge in [0, 0.05) is 22.7 Å². The van der Waals surface area contributed by atoms with Crippen LogP contribution in [0.3, 0.4) is 0 Å². The number of rotatable bonds is 2. The van der Waals surface area contributed by atoms with E-state index in [2.05, 4.69) is 9.97 Å². The van der Waals surface area contributed by atoms with Gasteiger partial charge in [-0.3, -0.25) is 15.1 Å². The highest BCUT2D eigenvalue weighted by Gasteiger charge is 2.11. The van der Waals surface area contributed by atoms with Gasteiger partial charge in [-0.1, -0.05) is 12.1 Å². The second-order valence-electron chi connectivity index (χ2n) is 4.75. The monoisotopic (exact) mass is 280 g/mol. The van der Waals surface area contributed by atoms with Gasteiger partial charge in [0.05, 0.1) is 22.2 Å². The minimum Gasteiger partial charge on any atom is -0.383 e. The number of anilines is 1. The molecule has 2 heterocycles. The summed E-state index contributed by atoms with van der Waals surface area (Å²) in [6.07, 6.45) is 0. The Morgan fingerprint density at radius 3 is 2.67 bits per heavy atom. The predicted octanol–water partition coefficient (Wildman–Crippen LogP) is 3.10. The summed E-state index contributed by atoms with van der Waals surface area (Å²) in [5, 5.41) is 11.8. The molecule has 0 fully saturated rings. The first kappa shape index (κ1) is 13.0. The minimum atomic E-state index is -0.479. The number of benzene rings is 1. The number of hydrogen-bond acceptors (Lipinski definition) is 5. The molecular weight excluding hydrogens is 268 g/mol. The van der Waals surface area contributed by atoms with Crippen molar-refractivity contribution in [1.82, 2.24) is 9.97 Å². The average molecular weight is 280 g/mol. The average Bonchev–Trinajstić information content (AvgIpc) is 2.46. The van der Waals surface area contributed by atoms with Gasteiger partial charge in [0.2, 0.25) is 0 Å². The van der Waals surface area contributed by atoms with Crippen LogP contribution in [-0.2, 0) is 0 Å². The smallest absolute Gasteiger partial charge is 0.275 e. The topological polar surface area (TPSA) is 94.9 Å². The standard InChI is InChI=1S/C15H12N4O2/c1-9-2-3-10-6-11(4-5-13(10)17-9)14-7-12(19(20)21)8-15(16)18-14/h2-8H,1H3,(H2,16,18). The molecule has 0 unspecified atom stereocenters. The molecule has 2 N–H and O–H groups in total. The molecule has 6 heteroatoms. The van der Waals surface area contributed by atoms with E-state index in [9.17, 15) is 10.1 Å². The number of nitro groups is 1. The molecule has 0 aliphatic rings. The molecular formula is C15H12N4O2. The molecule has 1 aromatic carbocycles. The summed E-state index contributed by atoms with van der Waals surface area (Å²) in [6.45, 7) is 1.93. The van der Waals surface area contributed by atoms with Crippen LogP contribution in [0.1, 0.15) is 5.69 Å². The summed E-state index contributed by atoms with van der Waals surface area (Å²) in [5.41, 5.74) is 8.62. The number of nitrogens with two attached hydrogens (primary N) is 1. The van der Waals surface area contributed by atoms with Crippen molar-refractivity contribution in [3.63, 3.8) is 0 Å². The van der Waals surface area contributed by atoms with Crippen LogP contribution >= 0.6 is 0 Å². The number of fused-ring (bicyclic) bond motifs is 1. The lowest BCUT2D eigenvalue weighted by molar-refractivity contribution is -0.384. The molecule has 0 atom stereocenters. The Bertz CT molecular complexity index is 861. The zero-order valence-corrected chi connectivity index (χ0v) is 11.3. The van der Waals surface area contributed by atoms with Gasteiger partial charge in [0.15, 0.2) is 0 Å². The highest BCUT2D eigenvalue weighted by Crippen LogP contribution is 2.26. The summed E-state index contributed by atoms with van der Waals surface area (Å²) in [7, 11) is 0. The van der Waals surface area contributed by atoms with E-state index in [4.69, 9.17) is 5.73 Å². The van der Waals surface area contributed by atoms with Crippen LogP contribution in [0.5, 0.6) is 0 Å². The van der Waals surface area contributed by atoms with E-state index in [0.717, 1.165) is 22.2 Å². The lowest BCUT2D eigenvalue weighted by Crippen LogP contribution is -1.96. The molecule has 0 radical (unpaired) electrons. The van der Waals surface area contributed by atoms with Gasteiger partial charge in [-0.05, 0) is 25.1 Å². The normalized spacial score (nSPS) is 10.7. The zero-order chi connectivity index (χ0) is 15.0. The van der Waals surface area contributed by atoms with Crippen molar-refractivity contribution >= 4 is 22.4 Å². The lowest BCUT2D eigenvalue weighted by atomic mass is 10.1. The van der Waals surface area contributed by atoms with Crippen LogP contribution in [0.15, 0.2) is 42.5 Å². The van der Waals surface area contributed by atoms with E-state index in [0.29, 0.717) is 5.69 Å². The first-order chi connectivity index (χ1) is 10.0. The third-order valence-corrected chi connectivity index (χ3v) is 3.16. The number of nitrogen functional groups attached to an aromatic ring is 1. The first-order valence-electron chi connectivity index (χ1n) is 6.33. The van der Waals surface area contributed by atoms with Crippen LogP contribution in [0.4, 0.5) is 11.5 Å². The van der Waals surface area contributed by atoms with Gasteiger partial charge in [0.25, 0.3) is 5.69 Å².